The molecule has 1 aliphatic heterocycles. The van der Waals surface area contributed by atoms with Crippen LogP contribution in [0.1, 0.15) is 54.0 Å². The molecule has 1 atom stereocenters. The van der Waals surface area contributed by atoms with Crippen LogP contribution < -0.4 is 4.90 Å². The minimum Gasteiger partial charge on any atom is -0.368 e. The standard InChI is InChI=1S/C42H45F4N3O/c1-3-4-6-9-33-14-16-36(17-15-33)31-49(32(2)12-13-34-18-20-37(21-19-34)42(44,45)46)40(30-35-10-7-5-8-11-35)41(50)48-28-26-47(27-29-48)39-24-22-38(43)23-25-39/h5,7-8,10-25,40H,2-4,6,9,26-31H2,1H3/b13-12+/t40-/m0/s1. The lowest BCUT2D eigenvalue weighted by atomic mass is 10.00. The first-order chi connectivity index (χ1) is 24.1. The smallest absolute Gasteiger partial charge is 0.368 e. The summed E-state index contributed by atoms with van der Waals surface area (Å²) in [5.74, 6) is -0.307. The molecule has 1 aliphatic rings. The molecular formula is C42H45F4N3O. The molecule has 0 aliphatic carbocycles. The molecule has 0 saturated carbocycles. The number of rotatable bonds is 14. The molecule has 50 heavy (non-hydrogen) atoms. The van der Waals surface area contributed by atoms with Gasteiger partial charge < -0.3 is 14.7 Å². The highest BCUT2D eigenvalue weighted by atomic mass is 19.4. The average molecular weight is 684 g/mol. The molecule has 8 heteroatoms. The lowest BCUT2D eigenvalue weighted by molar-refractivity contribution is -0.138. The number of hydrogen-bond donors (Lipinski definition) is 0. The van der Waals surface area contributed by atoms with E-state index in [4.69, 9.17) is 0 Å². The Hall–Kier alpha value is -4.85. The Morgan fingerprint density at radius 2 is 1.46 bits per heavy atom. The number of benzene rings is 4. The van der Waals surface area contributed by atoms with E-state index in [1.54, 1.807) is 24.3 Å². The topological polar surface area (TPSA) is 26.8 Å². The van der Waals surface area contributed by atoms with Gasteiger partial charge in [-0.05, 0) is 77.6 Å². The predicted octanol–water partition coefficient (Wildman–Crippen LogP) is 9.57. The molecule has 0 spiro atoms. The van der Waals surface area contributed by atoms with E-state index in [0.717, 1.165) is 48.2 Å². The third-order valence-corrected chi connectivity index (χ3v) is 9.24. The Bertz CT molecular complexity index is 1690. The zero-order valence-corrected chi connectivity index (χ0v) is 28.6. The summed E-state index contributed by atoms with van der Waals surface area (Å²) >= 11 is 0. The third-order valence-electron chi connectivity index (χ3n) is 9.24. The van der Waals surface area contributed by atoms with Crippen LogP contribution in [0.3, 0.4) is 0 Å². The minimum atomic E-state index is -4.41. The number of allylic oxidation sites excluding steroid dienone is 1. The van der Waals surface area contributed by atoms with Crippen LogP contribution in [0.4, 0.5) is 23.2 Å². The summed E-state index contributed by atoms with van der Waals surface area (Å²) in [5.41, 5.74) is 4.69. The Morgan fingerprint density at radius 3 is 2.08 bits per heavy atom. The average Bonchev–Trinajstić information content (AvgIpc) is 3.13. The van der Waals surface area contributed by atoms with Crippen LogP contribution in [0.25, 0.3) is 6.08 Å². The number of halogens is 4. The number of aryl methyl sites for hydroxylation is 1. The summed E-state index contributed by atoms with van der Waals surface area (Å²) in [6.45, 7) is 9.25. The molecule has 1 saturated heterocycles. The Balaban J connectivity index is 1.42. The van der Waals surface area contributed by atoms with Gasteiger partial charge in [-0.25, -0.2) is 4.39 Å². The van der Waals surface area contributed by atoms with Crippen LogP contribution in [0.2, 0.25) is 0 Å². The largest absolute Gasteiger partial charge is 0.416 e. The van der Waals surface area contributed by atoms with Crippen LogP contribution in [0, 0.1) is 5.82 Å². The lowest BCUT2D eigenvalue weighted by Gasteiger charge is -2.41. The molecule has 5 rings (SSSR count). The summed E-state index contributed by atoms with van der Waals surface area (Å²) in [5, 5.41) is 0. The number of carbonyl (C=O) groups excluding carboxylic acids is 1. The number of nitrogens with zero attached hydrogens (tertiary/aromatic N) is 3. The van der Waals surface area contributed by atoms with Crippen molar-refractivity contribution in [1.82, 2.24) is 9.80 Å². The van der Waals surface area contributed by atoms with Gasteiger partial charge in [0.05, 0.1) is 5.56 Å². The number of hydrogen-bond acceptors (Lipinski definition) is 3. The van der Waals surface area contributed by atoms with Crippen molar-refractivity contribution in [2.75, 3.05) is 31.1 Å². The van der Waals surface area contributed by atoms with Gasteiger partial charge in [-0.3, -0.25) is 4.79 Å². The van der Waals surface area contributed by atoms with Crippen molar-refractivity contribution < 1.29 is 22.4 Å². The molecule has 0 N–H and O–H groups in total. The summed E-state index contributed by atoms with van der Waals surface area (Å²) in [6, 6.07) is 29.2. The van der Waals surface area contributed by atoms with Crippen LogP contribution >= 0.6 is 0 Å². The van der Waals surface area contributed by atoms with Crippen molar-refractivity contribution in [1.29, 1.82) is 0 Å². The van der Waals surface area contributed by atoms with E-state index >= 15 is 0 Å². The second kappa shape index (κ2) is 17.2. The molecule has 0 bridgehead atoms. The molecule has 1 amide bonds. The highest BCUT2D eigenvalue weighted by Crippen LogP contribution is 2.30. The van der Waals surface area contributed by atoms with Crippen molar-refractivity contribution in [3.05, 3.63) is 155 Å². The lowest BCUT2D eigenvalue weighted by Crippen LogP contribution is -2.55. The van der Waals surface area contributed by atoms with Crippen molar-refractivity contribution in [2.24, 2.45) is 0 Å². The zero-order chi connectivity index (χ0) is 35.5. The second-order valence-electron chi connectivity index (χ2n) is 12.8. The summed E-state index contributed by atoms with van der Waals surface area (Å²) in [4.78, 5) is 20.6. The fourth-order valence-corrected chi connectivity index (χ4v) is 6.29. The number of unbranched alkanes of at least 4 members (excludes halogenated alkanes) is 2. The van der Waals surface area contributed by atoms with Crippen LogP contribution in [0.15, 0.2) is 121 Å². The quantitative estimate of drug-likeness (QED) is 0.0753. The van der Waals surface area contributed by atoms with E-state index in [1.807, 2.05) is 40.1 Å². The van der Waals surface area contributed by atoms with Gasteiger partial charge in [0.25, 0.3) is 0 Å². The second-order valence-corrected chi connectivity index (χ2v) is 12.8. The highest BCUT2D eigenvalue weighted by molar-refractivity contribution is 5.83. The van der Waals surface area contributed by atoms with Crippen LogP contribution in [-0.4, -0.2) is 47.9 Å². The van der Waals surface area contributed by atoms with Gasteiger partial charge in [0.1, 0.15) is 11.9 Å². The Morgan fingerprint density at radius 1 is 0.820 bits per heavy atom. The zero-order valence-electron chi connectivity index (χ0n) is 28.6. The highest BCUT2D eigenvalue weighted by Gasteiger charge is 2.33. The van der Waals surface area contributed by atoms with Gasteiger partial charge in [0.2, 0.25) is 5.91 Å². The van der Waals surface area contributed by atoms with E-state index in [2.05, 4.69) is 42.7 Å². The summed E-state index contributed by atoms with van der Waals surface area (Å²) in [7, 11) is 0. The fourth-order valence-electron chi connectivity index (χ4n) is 6.29. The van der Waals surface area contributed by atoms with Crippen molar-refractivity contribution in [3.63, 3.8) is 0 Å². The summed E-state index contributed by atoms with van der Waals surface area (Å²) < 4.78 is 53.1. The molecule has 262 valence electrons. The first-order valence-corrected chi connectivity index (χ1v) is 17.3. The van der Waals surface area contributed by atoms with Crippen LogP contribution in [-0.2, 0) is 30.4 Å². The Kier molecular flexibility index (Phi) is 12.5. The Labute approximate surface area is 293 Å². The van der Waals surface area contributed by atoms with E-state index in [-0.39, 0.29) is 11.7 Å². The predicted molar refractivity (Wildman–Crippen MR) is 194 cm³/mol. The number of anilines is 1. The molecular weight excluding hydrogens is 638 g/mol. The molecule has 4 aromatic rings. The van der Waals surface area contributed by atoms with Crippen molar-refractivity contribution in [2.45, 2.75) is 57.8 Å². The van der Waals surface area contributed by atoms with E-state index < -0.39 is 17.8 Å². The van der Waals surface area contributed by atoms with Gasteiger partial charge in [0, 0.05) is 50.5 Å². The maximum atomic E-state index is 14.6. The molecule has 4 nitrogen and oxygen atoms in total. The number of amides is 1. The molecule has 0 unspecified atom stereocenters. The maximum Gasteiger partial charge on any atom is 0.416 e. The van der Waals surface area contributed by atoms with Gasteiger partial charge >= 0.3 is 6.18 Å². The first-order valence-electron chi connectivity index (χ1n) is 17.3. The maximum absolute atomic E-state index is 14.6. The van der Waals surface area contributed by atoms with Gasteiger partial charge in [-0.1, -0.05) is 99.2 Å². The normalized spacial score (nSPS) is 14.2. The molecule has 1 heterocycles. The molecule has 0 radical (unpaired) electrons. The number of alkyl halides is 3. The van der Waals surface area contributed by atoms with E-state index in [9.17, 15) is 22.4 Å². The van der Waals surface area contributed by atoms with Gasteiger partial charge in [-0.2, -0.15) is 13.2 Å². The van der Waals surface area contributed by atoms with Crippen LogP contribution in [0.5, 0.6) is 0 Å². The van der Waals surface area contributed by atoms with Crippen molar-refractivity contribution >= 4 is 17.7 Å². The molecule has 0 aromatic heterocycles. The fraction of sp³-hybridized carbons (Fsp3) is 0.310. The number of carbonyl (C=O) groups is 1. The first kappa shape index (κ1) is 36.4. The van der Waals surface area contributed by atoms with Gasteiger partial charge in [-0.15, -0.1) is 0 Å². The van der Waals surface area contributed by atoms with E-state index in [0.29, 0.717) is 50.4 Å². The third kappa shape index (κ3) is 10.1. The number of piperazine rings is 1. The molecule has 4 aromatic carbocycles. The molecule has 1 fully saturated rings. The van der Waals surface area contributed by atoms with Crippen molar-refractivity contribution in [3.8, 4) is 0 Å². The monoisotopic (exact) mass is 683 g/mol. The van der Waals surface area contributed by atoms with E-state index in [1.165, 1.54) is 36.2 Å². The minimum absolute atomic E-state index is 0.0205. The SMILES string of the molecule is C=C(/C=C/c1ccc(C(F)(F)F)cc1)N(Cc1ccc(CCCCC)cc1)[C@@H](Cc1ccccc1)C(=O)N1CCN(c2ccc(F)cc2)CC1. The van der Waals surface area contributed by atoms with Gasteiger partial charge in [0.15, 0.2) is 0 Å². The summed E-state index contributed by atoms with van der Waals surface area (Å²) in [6.07, 6.45) is 4.03.